The summed E-state index contributed by atoms with van der Waals surface area (Å²) in [6.07, 6.45) is 6.17. The average molecular weight is 424 g/mol. The number of carbonyl (C=O) groups excluding carboxylic acids is 1. The SMILES string of the molecule is Cc1nc(Nc2nccs2)cc([C@@H]2CCN(C(=O)/C=C/c3c(C)nn(C)c3C)C2)n1. The Labute approximate surface area is 179 Å². The molecule has 0 unspecified atom stereocenters. The lowest BCUT2D eigenvalue weighted by atomic mass is 10.0. The lowest BCUT2D eigenvalue weighted by Crippen LogP contribution is -2.26. The third-order valence-electron chi connectivity index (χ3n) is 5.40. The van der Waals surface area contributed by atoms with Gasteiger partial charge in [-0.25, -0.2) is 15.0 Å². The van der Waals surface area contributed by atoms with Crippen molar-refractivity contribution >= 4 is 34.3 Å². The van der Waals surface area contributed by atoms with E-state index in [0.29, 0.717) is 12.4 Å². The van der Waals surface area contributed by atoms with Crippen molar-refractivity contribution in [1.82, 2.24) is 29.6 Å². The van der Waals surface area contributed by atoms with Crippen LogP contribution in [0.3, 0.4) is 0 Å². The summed E-state index contributed by atoms with van der Waals surface area (Å²) in [5, 5.41) is 10.3. The average Bonchev–Trinajstić information content (AvgIpc) is 3.43. The molecule has 3 aromatic rings. The molecule has 4 rings (SSSR count). The van der Waals surface area contributed by atoms with E-state index < -0.39 is 0 Å². The highest BCUT2D eigenvalue weighted by Crippen LogP contribution is 2.28. The summed E-state index contributed by atoms with van der Waals surface area (Å²) < 4.78 is 1.83. The van der Waals surface area contributed by atoms with Crippen LogP contribution < -0.4 is 5.32 Å². The van der Waals surface area contributed by atoms with Crippen LogP contribution in [0.4, 0.5) is 10.9 Å². The molecule has 1 saturated heterocycles. The molecule has 1 fully saturated rings. The van der Waals surface area contributed by atoms with Gasteiger partial charge >= 0.3 is 0 Å². The van der Waals surface area contributed by atoms with Gasteiger partial charge < -0.3 is 10.2 Å². The van der Waals surface area contributed by atoms with Gasteiger partial charge in [0.2, 0.25) is 5.91 Å². The molecule has 1 aliphatic rings. The van der Waals surface area contributed by atoms with Crippen LogP contribution in [-0.4, -0.2) is 48.6 Å². The lowest BCUT2D eigenvalue weighted by molar-refractivity contribution is -0.124. The van der Waals surface area contributed by atoms with Gasteiger partial charge in [0, 0.05) is 61.0 Å². The van der Waals surface area contributed by atoms with E-state index in [1.807, 2.05) is 54.9 Å². The smallest absolute Gasteiger partial charge is 0.246 e. The Morgan fingerprint density at radius 1 is 1.30 bits per heavy atom. The first kappa shape index (κ1) is 20.2. The molecule has 9 heteroatoms. The highest BCUT2D eigenvalue weighted by molar-refractivity contribution is 7.13. The number of hydrogen-bond acceptors (Lipinski definition) is 7. The Hall–Kier alpha value is -3.07. The molecule has 0 spiro atoms. The quantitative estimate of drug-likeness (QED) is 0.633. The molecule has 3 aromatic heterocycles. The van der Waals surface area contributed by atoms with Gasteiger partial charge in [0.05, 0.1) is 11.4 Å². The first-order valence-corrected chi connectivity index (χ1v) is 10.8. The van der Waals surface area contributed by atoms with Gasteiger partial charge in [-0.05, 0) is 33.3 Å². The molecule has 4 heterocycles. The Morgan fingerprint density at radius 3 is 2.83 bits per heavy atom. The Bertz CT molecular complexity index is 1090. The third kappa shape index (κ3) is 4.25. The number of rotatable bonds is 5. The van der Waals surface area contributed by atoms with Crippen molar-refractivity contribution in [1.29, 1.82) is 0 Å². The maximum atomic E-state index is 12.7. The van der Waals surface area contributed by atoms with Crippen molar-refractivity contribution in [3.63, 3.8) is 0 Å². The van der Waals surface area contributed by atoms with Crippen molar-refractivity contribution in [3.05, 3.63) is 52.2 Å². The van der Waals surface area contributed by atoms with E-state index in [9.17, 15) is 4.79 Å². The third-order valence-corrected chi connectivity index (χ3v) is 6.09. The predicted molar refractivity (Wildman–Crippen MR) is 118 cm³/mol. The van der Waals surface area contributed by atoms with Crippen molar-refractivity contribution in [2.45, 2.75) is 33.1 Å². The Kier molecular flexibility index (Phi) is 5.63. The number of carbonyl (C=O) groups is 1. The van der Waals surface area contributed by atoms with E-state index in [1.165, 1.54) is 11.3 Å². The summed E-state index contributed by atoms with van der Waals surface area (Å²) in [5.74, 6) is 1.66. The molecule has 1 amide bonds. The van der Waals surface area contributed by atoms with Crippen LogP contribution in [0, 0.1) is 20.8 Å². The van der Waals surface area contributed by atoms with E-state index >= 15 is 0 Å². The molecule has 0 radical (unpaired) electrons. The molecule has 0 bridgehead atoms. The second kappa shape index (κ2) is 8.35. The van der Waals surface area contributed by atoms with Crippen LogP contribution in [0.15, 0.2) is 23.7 Å². The van der Waals surface area contributed by atoms with Crippen LogP contribution in [0.2, 0.25) is 0 Å². The van der Waals surface area contributed by atoms with Gasteiger partial charge in [0.1, 0.15) is 11.6 Å². The van der Waals surface area contributed by atoms with Crippen molar-refractivity contribution in [2.75, 3.05) is 18.4 Å². The van der Waals surface area contributed by atoms with Gasteiger partial charge in [-0.1, -0.05) is 0 Å². The normalized spacial score (nSPS) is 16.5. The maximum absolute atomic E-state index is 12.7. The number of anilines is 2. The molecule has 0 aromatic carbocycles. The molecular weight excluding hydrogens is 398 g/mol. The standard InChI is InChI=1S/C21H25N7OS/c1-13-17(14(2)27(4)26-13)5-6-20(29)28-9-7-16(12-28)18-11-19(24-15(3)23-18)25-21-22-8-10-30-21/h5-6,8,10-11,16H,7,9,12H2,1-4H3,(H,22,23,24,25)/b6-5+/t16-/m1/s1. The van der Waals surface area contributed by atoms with Gasteiger partial charge in [-0.2, -0.15) is 5.10 Å². The lowest BCUT2D eigenvalue weighted by Gasteiger charge is -2.15. The summed E-state index contributed by atoms with van der Waals surface area (Å²) in [5.41, 5.74) is 3.94. The number of likely N-dealkylation sites (tertiary alicyclic amines) is 1. The van der Waals surface area contributed by atoms with Crippen LogP contribution in [0.5, 0.6) is 0 Å². The molecule has 1 N–H and O–H groups in total. The molecular formula is C21H25N7OS. The summed E-state index contributed by atoms with van der Waals surface area (Å²) in [7, 11) is 1.91. The maximum Gasteiger partial charge on any atom is 0.246 e. The Balaban J connectivity index is 1.44. The summed E-state index contributed by atoms with van der Waals surface area (Å²) >= 11 is 1.52. The highest BCUT2D eigenvalue weighted by atomic mass is 32.1. The minimum atomic E-state index is 0.0204. The molecule has 1 aliphatic heterocycles. The second-order valence-corrected chi connectivity index (χ2v) is 8.39. The molecule has 0 aliphatic carbocycles. The van der Waals surface area contributed by atoms with E-state index in [0.717, 1.165) is 46.6 Å². The number of aryl methyl sites for hydroxylation is 3. The number of hydrogen-bond donors (Lipinski definition) is 1. The number of amides is 1. The monoisotopic (exact) mass is 423 g/mol. The number of aromatic nitrogens is 5. The van der Waals surface area contributed by atoms with Crippen LogP contribution >= 0.6 is 11.3 Å². The zero-order valence-corrected chi connectivity index (χ0v) is 18.4. The summed E-state index contributed by atoms with van der Waals surface area (Å²) in [6, 6.07) is 1.96. The molecule has 8 nitrogen and oxygen atoms in total. The number of thiazole rings is 1. The zero-order chi connectivity index (χ0) is 21.3. The fourth-order valence-electron chi connectivity index (χ4n) is 3.75. The number of nitrogens with zero attached hydrogens (tertiary/aromatic N) is 6. The topological polar surface area (TPSA) is 88.8 Å². The minimum absolute atomic E-state index is 0.0204. The minimum Gasteiger partial charge on any atom is -0.338 e. The summed E-state index contributed by atoms with van der Waals surface area (Å²) in [6.45, 7) is 7.22. The molecule has 156 valence electrons. The van der Waals surface area contributed by atoms with Crippen LogP contribution in [0.25, 0.3) is 6.08 Å². The van der Waals surface area contributed by atoms with Gasteiger partial charge in [-0.15, -0.1) is 11.3 Å². The second-order valence-electron chi connectivity index (χ2n) is 7.50. The van der Waals surface area contributed by atoms with E-state index in [1.54, 1.807) is 12.3 Å². The summed E-state index contributed by atoms with van der Waals surface area (Å²) in [4.78, 5) is 27.9. The van der Waals surface area contributed by atoms with E-state index in [4.69, 9.17) is 0 Å². The number of nitrogens with one attached hydrogen (secondary N) is 1. The Morgan fingerprint density at radius 2 is 2.13 bits per heavy atom. The van der Waals surface area contributed by atoms with Crippen molar-refractivity contribution < 1.29 is 4.79 Å². The predicted octanol–water partition coefficient (Wildman–Crippen LogP) is 3.36. The van der Waals surface area contributed by atoms with Crippen molar-refractivity contribution in [2.24, 2.45) is 7.05 Å². The van der Waals surface area contributed by atoms with Gasteiger partial charge in [-0.3, -0.25) is 9.48 Å². The van der Waals surface area contributed by atoms with Crippen molar-refractivity contribution in [3.8, 4) is 0 Å². The van der Waals surface area contributed by atoms with Gasteiger partial charge in [0.15, 0.2) is 5.13 Å². The molecule has 1 atom stereocenters. The molecule has 0 saturated carbocycles. The van der Waals surface area contributed by atoms with Crippen LogP contribution in [-0.2, 0) is 11.8 Å². The van der Waals surface area contributed by atoms with E-state index in [-0.39, 0.29) is 11.8 Å². The zero-order valence-electron chi connectivity index (χ0n) is 17.6. The highest BCUT2D eigenvalue weighted by Gasteiger charge is 2.28. The van der Waals surface area contributed by atoms with E-state index in [2.05, 4.69) is 25.4 Å². The first-order chi connectivity index (χ1) is 14.4. The first-order valence-electron chi connectivity index (χ1n) is 9.90. The fraction of sp³-hybridized carbons (Fsp3) is 0.381. The molecule has 30 heavy (non-hydrogen) atoms. The fourth-order valence-corrected chi connectivity index (χ4v) is 4.29. The largest absolute Gasteiger partial charge is 0.338 e. The van der Waals surface area contributed by atoms with Gasteiger partial charge in [0.25, 0.3) is 0 Å². The van der Waals surface area contributed by atoms with Crippen LogP contribution in [0.1, 0.15) is 40.8 Å².